The van der Waals surface area contributed by atoms with E-state index >= 15 is 0 Å². The van der Waals surface area contributed by atoms with E-state index in [1.165, 1.54) is 23.2 Å². The van der Waals surface area contributed by atoms with Gasteiger partial charge in [0.2, 0.25) is 5.91 Å². The number of amides is 3. The van der Waals surface area contributed by atoms with Crippen LogP contribution in [0.4, 0.5) is 5.69 Å². The lowest BCUT2D eigenvalue weighted by molar-refractivity contribution is -0.121. The quantitative estimate of drug-likeness (QED) is 0.719. The van der Waals surface area contributed by atoms with E-state index in [1.54, 1.807) is 24.3 Å². The van der Waals surface area contributed by atoms with E-state index in [-0.39, 0.29) is 12.5 Å². The predicted molar refractivity (Wildman–Crippen MR) is 116 cm³/mol. The molecule has 0 bridgehead atoms. The zero-order valence-electron chi connectivity index (χ0n) is 17.3. The first-order valence-electron chi connectivity index (χ1n) is 10.7. The third-order valence-electron chi connectivity index (χ3n) is 5.77. The molecule has 2 aliphatic heterocycles. The minimum Gasteiger partial charge on any atom is -0.371 e. The van der Waals surface area contributed by atoms with Crippen molar-refractivity contribution >= 4 is 23.4 Å². The second-order valence-corrected chi connectivity index (χ2v) is 7.90. The number of benzene rings is 2. The van der Waals surface area contributed by atoms with Crippen LogP contribution in [0.25, 0.3) is 0 Å². The van der Waals surface area contributed by atoms with Gasteiger partial charge in [-0.05, 0) is 55.0 Å². The number of carbonyl (C=O) groups excluding carboxylic acids is 3. The second-order valence-electron chi connectivity index (χ2n) is 7.90. The van der Waals surface area contributed by atoms with Crippen LogP contribution in [-0.2, 0) is 17.6 Å². The molecule has 30 heavy (non-hydrogen) atoms. The van der Waals surface area contributed by atoms with Crippen molar-refractivity contribution < 1.29 is 14.4 Å². The Morgan fingerprint density at radius 2 is 1.80 bits per heavy atom. The molecule has 0 spiro atoms. The number of aryl methyl sites for hydroxylation is 1. The smallest absolute Gasteiger partial charge is 0.262 e. The van der Waals surface area contributed by atoms with Crippen LogP contribution in [0, 0.1) is 0 Å². The highest BCUT2D eigenvalue weighted by atomic mass is 16.2. The van der Waals surface area contributed by atoms with Gasteiger partial charge in [0, 0.05) is 25.3 Å². The second kappa shape index (κ2) is 8.69. The summed E-state index contributed by atoms with van der Waals surface area (Å²) in [5.74, 6) is -1.13. The molecule has 6 heteroatoms. The molecule has 3 amide bonds. The van der Waals surface area contributed by atoms with Gasteiger partial charge in [-0.2, -0.15) is 0 Å². The highest BCUT2D eigenvalue weighted by Gasteiger charge is 2.36. The Labute approximate surface area is 176 Å². The van der Waals surface area contributed by atoms with Gasteiger partial charge >= 0.3 is 0 Å². The Bertz CT molecular complexity index is 950. The lowest BCUT2D eigenvalue weighted by Crippen LogP contribution is -2.40. The summed E-state index contributed by atoms with van der Waals surface area (Å²) in [5.41, 5.74) is 4.63. The number of rotatable bonds is 7. The van der Waals surface area contributed by atoms with Gasteiger partial charge in [0.1, 0.15) is 6.54 Å². The van der Waals surface area contributed by atoms with Crippen molar-refractivity contribution in [3.63, 3.8) is 0 Å². The SMILES string of the molecule is CCCN1CCCc2cc(CCNC(=O)CN3C(=O)c4ccccc4C3=O)ccc21. The molecule has 1 N–H and O–H groups in total. The first-order chi connectivity index (χ1) is 14.6. The molecule has 4 rings (SSSR count). The zero-order chi connectivity index (χ0) is 21.1. The Morgan fingerprint density at radius 3 is 2.50 bits per heavy atom. The molecule has 2 aromatic carbocycles. The molecule has 0 aliphatic carbocycles. The fourth-order valence-electron chi connectivity index (χ4n) is 4.31. The number of hydrogen-bond acceptors (Lipinski definition) is 4. The normalized spacial score (nSPS) is 15.2. The van der Waals surface area contributed by atoms with Crippen molar-refractivity contribution in [3.8, 4) is 0 Å². The van der Waals surface area contributed by atoms with E-state index < -0.39 is 11.8 Å². The minimum atomic E-state index is -0.405. The maximum absolute atomic E-state index is 12.4. The standard InChI is InChI=1S/C24H27N3O3/c1-2-13-26-14-5-6-18-15-17(9-10-21(18)26)11-12-25-22(28)16-27-23(29)19-7-3-4-8-20(19)24(27)30/h3-4,7-10,15H,2,5-6,11-14,16H2,1H3,(H,25,28). The molecule has 2 aliphatic rings. The van der Waals surface area contributed by atoms with Gasteiger partial charge in [0.15, 0.2) is 0 Å². The van der Waals surface area contributed by atoms with Crippen molar-refractivity contribution in [1.29, 1.82) is 0 Å². The van der Waals surface area contributed by atoms with Gasteiger partial charge in [0.25, 0.3) is 11.8 Å². The van der Waals surface area contributed by atoms with E-state index in [4.69, 9.17) is 0 Å². The monoisotopic (exact) mass is 405 g/mol. The Hall–Kier alpha value is -3.15. The van der Waals surface area contributed by atoms with E-state index in [0.717, 1.165) is 37.3 Å². The van der Waals surface area contributed by atoms with Gasteiger partial charge < -0.3 is 10.2 Å². The first kappa shape index (κ1) is 20.1. The van der Waals surface area contributed by atoms with Gasteiger partial charge in [0.05, 0.1) is 11.1 Å². The molecular formula is C24H27N3O3. The Balaban J connectivity index is 1.30. The molecule has 0 saturated carbocycles. The van der Waals surface area contributed by atoms with Crippen molar-refractivity contribution in [2.45, 2.75) is 32.6 Å². The van der Waals surface area contributed by atoms with Crippen LogP contribution in [0.15, 0.2) is 42.5 Å². The summed E-state index contributed by atoms with van der Waals surface area (Å²) in [5, 5.41) is 2.84. The number of anilines is 1. The van der Waals surface area contributed by atoms with Crippen molar-refractivity contribution in [1.82, 2.24) is 10.2 Å². The number of nitrogens with zero attached hydrogens (tertiary/aromatic N) is 2. The van der Waals surface area contributed by atoms with Crippen LogP contribution in [0.5, 0.6) is 0 Å². The summed E-state index contributed by atoms with van der Waals surface area (Å²) < 4.78 is 0. The number of carbonyl (C=O) groups is 3. The molecule has 0 radical (unpaired) electrons. The molecule has 0 aromatic heterocycles. The van der Waals surface area contributed by atoms with Crippen LogP contribution in [-0.4, -0.2) is 48.8 Å². The Kier molecular flexibility index (Phi) is 5.84. The summed E-state index contributed by atoms with van der Waals surface area (Å²) in [6, 6.07) is 13.2. The summed E-state index contributed by atoms with van der Waals surface area (Å²) in [7, 11) is 0. The molecular weight excluding hydrogens is 378 g/mol. The topological polar surface area (TPSA) is 69.7 Å². The molecule has 2 heterocycles. The van der Waals surface area contributed by atoms with Crippen molar-refractivity contribution in [3.05, 3.63) is 64.7 Å². The van der Waals surface area contributed by atoms with Gasteiger partial charge in [-0.1, -0.05) is 31.2 Å². The largest absolute Gasteiger partial charge is 0.371 e. The molecule has 0 fully saturated rings. The summed E-state index contributed by atoms with van der Waals surface area (Å²) >= 11 is 0. The third kappa shape index (κ3) is 3.95. The van der Waals surface area contributed by atoms with Gasteiger partial charge in [-0.3, -0.25) is 19.3 Å². The van der Waals surface area contributed by atoms with Gasteiger partial charge in [-0.15, -0.1) is 0 Å². The Morgan fingerprint density at radius 1 is 1.07 bits per heavy atom. The molecule has 0 atom stereocenters. The van der Waals surface area contributed by atoms with E-state index in [9.17, 15) is 14.4 Å². The minimum absolute atomic E-state index is 0.248. The number of imide groups is 1. The molecule has 0 unspecified atom stereocenters. The average Bonchev–Trinajstić information content (AvgIpc) is 2.99. The van der Waals surface area contributed by atoms with Crippen LogP contribution in [0.1, 0.15) is 51.6 Å². The number of hydrogen-bond donors (Lipinski definition) is 1. The maximum Gasteiger partial charge on any atom is 0.262 e. The fraction of sp³-hybridized carbons (Fsp3) is 0.375. The molecule has 156 valence electrons. The number of fused-ring (bicyclic) bond motifs is 2. The van der Waals surface area contributed by atoms with E-state index in [1.807, 2.05) is 0 Å². The van der Waals surface area contributed by atoms with Crippen molar-refractivity contribution in [2.24, 2.45) is 0 Å². The van der Waals surface area contributed by atoms with Crippen LogP contribution < -0.4 is 10.2 Å². The maximum atomic E-state index is 12.4. The molecule has 6 nitrogen and oxygen atoms in total. The van der Waals surface area contributed by atoms with Gasteiger partial charge in [-0.25, -0.2) is 0 Å². The van der Waals surface area contributed by atoms with Crippen molar-refractivity contribution in [2.75, 3.05) is 31.1 Å². The summed E-state index contributed by atoms with van der Waals surface area (Å²) in [6.45, 7) is 4.63. The highest BCUT2D eigenvalue weighted by molar-refractivity contribution is 6.22. The third-order valence-corrected chi connectivity index (χ3v) is 5.77. The highest BCUT2D eigenvalue weighted by Crippen LogP contribution is 2.28. The van der Waals surface area contributed by atoms with Crippen LogP contribution in [0.2, 0.25) is 0 Å². The fourth-order valence-corrected chi connectivity index (χ4v) is 4.31. The molecule has 0 saturated heterocycles. The van der Waals surface area contributed by atoms with Crippen LogP contribution >= 0.6 is 0 Å². The lowest BCUT2D eigenvalue weighted by atomic mass is 9.98. The van der Waals surface area contributed by atoms with E-state index in [0.29, 0.717) is 17.7 Å². The summed E-state index contributed by atoms with van der Waals surface area (Å²) in [4.78, 5) is 40.5. The number of nitrogens with one attached hydrogen (secondary N) is 1. The molecule has 2 aromatic rings. The summed E-state index contributed by atoms with van der Waals surface area (Å²) in [6.07, 6.45) is 4.12. The average molecular weight is 405 g/mol. The zero-order valence-corrected chi connectivity index (χ0v) is 17.3. The van der Waals surface area contributed by atoms with E-state index in [2.05, 4.69) is 35.3 Å². The predicted octanol–water partition coefficient (Wildman–Crippen LogP) is 2.80. The van der Waals surface area contributed by atoms with Crippen LogP contribution in [0.3, 0.4) is 0 Å². The lowest BCUT2D eigenvalue weighted by Gasteiger charge is -2.31. The first-order valence-corrected chi connectivity index (χ1v) is 10.7.